The lowest BCUT2D eigenvalue weighted by Crippen LogP contribution is -2.39. The molecule has 0 atom stereocenters. The summed E-state index contributed by atoms with van der Waals surface area (Å²) in [5.41, 5.74) is -0.916. The Hall–Kier alpha value is -1.40. The Kier molecular flexibility index (Phi) is 3.91. The Bertz CT molecular complexity index is 489. The maximum Gasteiger partial charge on any atom is 0.313 e. The fraction of sp³-hybridized carbons (Fsp3) is 0.583. The van der Waals surface area contributed by atoms with Gasteiger partial charge in [-0.1, -0.05) is 24.4 Å². The van der Waals surface area contributed by atoms with Crippen molar-refractivity contribution in [3.05, 3.63) is 27.4 Å². The highest BCUT2D eigenvalue weighted by Crippen LogP contribution is 2.33. The first kappa shape index (κ1) is 14.0. The monoisotopic (exact) mass is 285 g/mol. The third-order valence-corrected chi connectivity index (χ3v) is 3.64. The van der Waals surface area contributed by atoms with Gasteiger partial charge in [0.1, 0.15) is 0 Å². The zero-order valence-electron chi connectivity index (χ0n) is 10.7. The summed E-state index contributed by atoms with van der Waals surface area (Å²) in [6.07, 6.45) is 4.79. The Labute approximate surface area is 116 Å². The van der Waals surface area contributed by atoms with Crippen LogP contribution in [-0.2, 0) is 0 Å². The highest BCUT2D eigenvalue weighted by atomic mass is 35.5. The average molecular weight is 286 g/mol. The molecular formula is C12H16ClN3O3. The molecule has 1 fully saturated rings. The second-order valence-corrected chi connectivity index (χ2v) is 5.48. The van der Waals surface area contributed by atoms with Gasteiger partial charge in [-0.2, -0.15) is 0 Å². The smallest absolute Gasteiger partial charge is 0.313 e. The maximum absolute atomic E-state index is 11.0. The van der Waals surface area contributed by atoms with E-state index in [9.17, 15) is 15.2 Å². The number of nitro groups is 1. The number of pyridine rings is 1. The van der Waals surface area contributed by atoms with Crippen molar-refractivity contribution in [2.75, 3.05) is 18.5 Å². The van der Waals surface area contributed by atoms with Gasteiger partial charge in [-0.05, 0) is 12.8 Å². The van der Waals surface area contributed by atoms with E-state index in [0.717, 1.165) is 25.7 Å². The number of anilines is 1. The molecule has 0 bridgehead atoms. The summed E-state index contributed by atoms with van der Waals surface area (Å²) < 4.78 is 0. The van der Waals surface area contributed by atoms with Gasteiger partial charge in [0, 0.05) is 25.9 Å². The van der Waals surface area contributed by atoms with Crippen molar-refractivity contribution in [2.45, 2.75) is 31.3 Å². The summed E-state index contributed by atoms with van der Waals surface area (Å²) in [6.45, 7) is 0.336. The maximum atomic E-state index is 11.0. The molecular weight excluding hydrogens is 270 g/mol. The molecule has 0 spiro atoms. The lowest BCUT2D eigenvalue weighted by molar-refractivity contribution is -0.384. The lowest BCUT2D eigenvalue weighted by atomic mass is 10.0. The van der Waals surface area contributed by atoms with Crippen LogP contribution in [0.3, 0.4) is 0 Å². The molecule has 0 radical (unpaired) electrons. The first-order valence-electron chi connectivity index (χ1n) is 6.15. The summed E-state index contributed by atoms with van der Waals surface area (Å²) in [4.78, 5) is 16.1. The summed E-state index contributed by atoms with van der Waals surface area (Å²) in [7, 11) is 1.69. The standard InChI is InChI=1S/C12H16ClN3O3/c1-15(8-12(17)4-2-3-5-12)11-10(16(18)19)6-9(13)7-14-11/h6-7,17H,2-5,8H2,1H3. The molecule has 19 heavy (non-hydrogen) atoms. The van der Waals surface area contributed by atoms with Crippen molar-refractivity contribution in [3.8, 4) is 0 Å². The molecule has 0 aliphatic heterocycles. The molecule has 1 aromatic rings. The SMILES string of the molecule is CN(CC1(O)CCCC1)c1ncc(Cl)cc1[N+](=O)[O-]. The van der Waals surface area contributed by atoms with E-state index in [4.69, 9.17) is 11.6 Å². The predicted octanol–water partition coefficient (Wildman–Crippen LogP) is 2.38. The molecule has 0 aromatic carbocycles. The van der Waals surface area contributed by atoms with Crippen molar-refractivity contribution in [1.29, 1.82) is 0 Å². The molecule has 0 amide bonds. The topological polar surface area (TPSA) is 79.5 Å². The van der Waals surface area contributed by atoms with Crippen LogP contribution in [0.2, 0.25) is 5.02 Å². The number of aromatic nitrogens is 1. The van der Waals surface area contributed by atoms with E-state index in [1.807, 2.05) is 0 Å². The molecule has 1 aromatic heterocycles. The van der Waals surface area contributed by atoms with Gasteiger partial charge in [0.2, 0.25) is 5.82 Å². The summed E-state index contributed by atoms with van der Waals surface area (Å²) in [6, 6.07) is 1.28. The molecule has 1 aliphatic carbocycles. The molecule has 7 heteroatoms. The molecule has 1 N–H and O–H groups in total. The largest absolute Gasteiger partial charge is 0.388 e. The van der Waals surface area contributed by atoms with Crippen LogP contribution in [0, 0.1) is 10.1 Å². The summed E-state index contributed by atoms with van der Waals surface area (Å²) in [5, 5.41) is 21.6. The van der Waals surface area contributed by atoms with Crippen molar-refractivity contribution in [1.82, 2.24) is 4.98 Å². The minimum Gasteiger partial charge on any atom is -0.388 e. The Balaban J connectivity index is 2.23. The van der Waals surface area contributed by atoms with Crippen molar-refractivity contribution in [3.63, 3.8) is 0 Å². The molecule has 0 unspecified atom stereocenters. The van der Waals surface area contributed by atoms with Crippen LogP contribution in [0.1, 0.15) is 25.7 Å². The van der Waals surface area contributed by atoms with E-state index in [1.165, 1.54) is 12.3 Å². The first-order valence-corrected chi connectivity index (χ1v) is 6.52. The fourth-order valence-electron chi connectivity index (χ4n) is 2.56. The molecule has 2 rings (SSSR count). The summed E-state index contributed by atoms with van der Waals surface area (Å²) >= 11 is 5.73. The van der Waals surface area contributed by atoms with E-state index in [0.29, 0.717) is 6.54 Å². The highest BCUT2D eigenvalue weighted by molar-refractivity contribution is 6.30. The van der Waals surface area contributed by atoms with Crippen LogP contribution >= 0.6 is 11.6 Å². The molecule has 1 aliphatic rings. The second-order valence-electron chi connectivity index (χ2n) is 5.04. The third-order valence-electron chi connectivity index (χ3n) is 3.44. The van der Waals surface area contributed by atoms with Gasteiger partial charge in [0.05, 0.1) is 15.5 Å². The van der Waals surface area contributed by atoms with Crippen LogP contribution in [0.25, 0.3) is 0 Å². The molecule has 1 heterocycles. The molecule has 1 saturated carbocycles. The number of hydrogen-bond donors (Lipinski definition) is 1. The minimum absolute atomic E-state index is 0.142. The fourth-order valence-corrected chi connectivity index (χ4v) is 2.71. The highest BCUT2D eigenvalue weighted by Gasteiger charge is 2.34. The number of likely N-dealkylation sites (N-methyl/N-ethyl adjacent to an activating group) is 1. The van der Waals surface area contributed by atoms with Crippen LogP contribution < -0.4 is 4.90 Å². The van der Waals surface area contributed by atoms with E-state index < -0.39 is 10.5 Å². The number of nitrogens with zero attached hydrogens (tertiary/aromatic N) is 3. The van der Waals surface area contributed by atoms with E-state index in [2.05, 4.69) is 4.98 Å². The van der Waals surface area contributed by atoms with Crippen molar-refractivity contribution in [2.24, 2.45) is 0 Å². The third kappa shape index (κ3) is 3.13. The van der Waals surface area contributed by atoms with E-state index in [1.54, 1.807) is 11.9 Å². The quantitative estimate of drug-likeness (QED) is 0.679. The van der Waals surface area contributed by atoms with Crippen molar-refractivity contribution >= 4 is 23.1 Å². The van der Waals surface area contributed by atoms with Gasteiger partial charge < -0.3 is 10.0 Å². The van der Waals surface area contributed by atoms with Gasteiger partial charge in [-0.15, -0.1) is 0 Å². The van der Waals surface area contributed by atoms with E-state index >= 15 is 0 Å². The molecule has 6 nitrogen and oxygen atoms in total. The van der Waals surface area contributed by atoms with Gasteiger partial charge in [-0.25, -0.2) is 4.98 Å². The Morgan fingerprint density at radius 2 is 2.21 bits per heavy atom. The van der Waals surface area contributed by atoms with Gasteiger partial charge in [0.15, 0.2) is 0 Å². The lowest BCUT2D eigenvalue weighted by Gasteiger charge is -2.28. The van der Waals surface area contributed by atoms with Crippen LogP contribution in [0.4, 0.5) is 11.5 Å². The minimum atomic E-state index is -0.774. The number of aliphatic hydroxyl groups is 1. The zero-order valence-corrected chi connectivity index (χ0v) is 11.4. The summed E-state index contributed by atoms with van der Waals surface area (Å²) in [5.74, 6) is 0.231. The Morgan fingerprint density at radius 1 is 1.58 bits per heavy atom. The molecule has 0 saturated heterocycles. The molecule has 104 valence electrons. The van der Waals surface area contributed by atoms with Gasteiger partial charge >= 0.3 is 5.69 Å². The normalized spacial score (nSPS) is 17.4. The number of rotatable bonds is 4. The van der Waals surface area contributed by atoms with Crippen LogP contribution in [0.5, 0.6) is 0 Å². The van der Waals surface area contributed by atoms with Crippen LogP contribution in [-0.4, -0.2) is 34.2 Å². The van der Waals surface area contributed by atoms with Gasteiger partial charge in [-0.3, -0.25) is 10.1 Å². The zero-order chi connectivity index (χ0) is 14.0. The second kappa shape index (κ2) is 5.30. The number of hydrogen-bond acceptors (Lipinski definition) is 5. The van der Waals surface area contributed by atoms with E-state index in [-0.39, 0.29) is 16.5 Å². The number of halogens is 1. The predicted molar refractivity (Wildman–Crippen MR) is 72.6 cm³/mol. The average Bonchev–Trinajstić information content (AvgIpc) is 2.75. The first-order chi connectivity index (χ1) is 8.91. The Morgan fingerprint density at radius 3 is 2.79 bits per heavy atom. The van der Waals surface area contributed by atoms with Gasteiger partial charge in [0.25, 0.3) is 0 Å². The van der Waals surface area contributed by atoms with Crippen LogP contribution in [0.15, 0.2) is 12.3 Å². The van der Waals surface area contributed by atoms with Crippen molar-refractivity contribution < 1.29 is 10.0 Å².